The number of carboxylic acid groups (broad SMARTS) is 1. The SMILES string of the molecule is CC(C)C(=O)N1CCC(C(CS(=O)(=O)c2ccc(Oc3ccc(OC(F)(F)F)cc3)cc2)NC(=O)O)CC1. The maximum absolute atomic E-state index is 13.1. The van der Waals surface area contributed by atoms with E-state index >= 15 is 0 Å². The fraction of sp³-hybridized carbons (Fsp3) is 0.440. The first-order valence-corrected chi connectivity index (χ1v) is 13.5. The number of halogens is 3. The van der Waals surface area contributed by atoms with E-state index in [0.717, 1.165) is 12.1 Å². The van der Waals surface area contributed by atoms with Crippen LogP contribution >= 0.6 is 0 Å². The van der Waals surface area contributed by atoms with Crippen LogP contribution in [0.3, 0.4) is 0 Å². The quantitative estimate of drug-likeness (QED) is 0.458. The molecule has 0 bridgehead atoms. The summed E-state index contributed by atoms with van der Waals surface area (Å²) in [5.74, 6) is -0.819. The molecule has 3 rings (SSSR count). The minimum atomic E-state index is -4.81. The van der Waals surface area contributed by atoms with Gasteiger partial charge in [0, 0.05) is 25.0 Å². The number of rotatable bonds is 9. The summed E-state index contributed by atoms with van der Waals surface area (Å²) in [5, 5.41) is 11.6. The second-order valence-corrected chi connectivity index (χ2v) is 11.3. The normalized spacial score (nSPS) is 15.7. The molecular weight excluding hydrogens is 529 g/mol. The van der Waals surface area contributed by atoms with E-state index in [1.54, 1.807) is 18.7 Å². The monoisotopic (exact) mass is 558 g/mol. The van der Waals surface area contributed by atoms with Gasteiger partial charge in [-0.25, -0.2) is 13.2 Å². The number of piperidine rings is 1. The highest BCUT2D eigenvalue weighted by atomic mass is 32.2. The average Bonchev–Trinajstić information content (AvgIpc) is 2.83. The van der Waals surface area contributed by atoms with Gasteiger partial charge in [-0.05, 0) is 67.3 Å². The van der Waals surface area contributed by atoms with Crippen LogP contribution in [-0.4, -0.2) is 61.7 Å². The zero-order valence-electron chi connectivity index (χ0n) is 20.8. The van der Waals surface area contributed by atoms with E-state index < -0.39 is 39.8 Å². The molecular formula is C25H29F3N2O7S. The zero-order valence-corrected chi connectivity index (χ0v) is 21.6. The van der Waals surface area contributed by atoms with Gasteiger partial charge in [0.2, 0.25) is 5.91 Å². The number of amides is 2. The van der Waals surface area contributed by atoms with Gasteiger partial charge in [0.05, 0.1) is 10.6 Å². The topological polar surface area (TPSA) is 122 Å². The van der Waals surface area contributed by atoms with Crippen LogP contribution < -0.4 is 14.8 Å². The third-order valence-electron chi connectivity index (χ3n) is 6.10. The fourth-order valence-corrected chi connectivity index (χ4v) is 5.81. The Kier molecular flexibility index (Phi) is 9.13. The minimum Gasteiger partial charge on any atom is -0.465 e. The molecule has 1 unspecified atom stereocenters. The Morgan fingerprint density at radius 3 is 1.97 bits per heavy atom. The highest BCUT2D eigenvalue weighted by Gasteiger charge is 2.34. The smallest absolute Gasteiger partial charge is 0.465 e. The summed E-state index contributed by atoms with van der Waals surface area (Å²) in [4.78, 5) is 25.3. The van der Waals surface area contributed by atoms with Gasteiger partial charge in [-0.1, -0.05) is 13.8 Å². The van der Waals surface area contributed by atoms with Gasteiger partial charge in [-0.2, -0.15) is 0 Å². The van der Waals surface area contributed by atoms with Gasteiger partial charge in [0.1, 0.15) is 17.2 Å². The summed E-state index contributed by atoms with van der Waals surface area (Å²) in [7, 11) is -3.90. The summed E-state index contributed by atoms with van der Waals surface area (Å²) in [6.45, 7) is 4.45. The van der Waals surface area contributed by atoms with Crippen LogP contribution in [0.2, 0.25) is 0 Å². The third-order valence-corrected chi connectivity index (χ3v) is 7.89. The molecule has 0 aromatic heterocycles. The maximum Gasteiger partial charge on any atom is 0.573 e. The molecule has 1 aliphatic heterocycles. The third kappa shape index (κ3) is 8.27. The Morgan fingerprint density at radius 1 is 1.00 bits per heavy atom. The minimum absolute atomic E-state index is 0.00621. The number of nitrogens with one attached hydrogen (secondary N) is 1. The van der Waals surface area contributed by atoms with Crippen molar-refractivity contribution in [2.24, 2.45) is 11.8 Å². The van der Waals surface area contributed by atoms with Crippen molar-refractivity contribution >= 4 is 21.8 Å². The number of hydrogen-bond acceptors (Lipinski definition) is 6. The molecule has 0 spiro atoms. The Morgan fingerprint density at radius 2 is 1.50 bits per heavy atom. The van der Waals surface area contributed by atoms with E-state index in [9.17, 15) is 36.3 Å². The van der Waals surface area contributed by atoms with Gasteiger partial charge in [-0.3, -0.25) is 4.79 Å². The molecule has 1 heterocycles. The number of carbonyl (C=O) groups excluding carboxylic acids is 1. The number of alkyl halides is 3. The zero-order chi connectivity index (χ0) is 28.1. The van der Waals surface area contributed by atoms with Gasteiger partial charge < -0.3 is 24.8 Å². The van der Waals surface area contributed by atoms with Crippen molar-refractivity contribution in [2.45, 2.75) is 44.0 Å². The first kappa shape index (κ1) is 29.1. The predicted molar refractivity (Wildman–Crippen MR) is 131 cm³/mol. The van der Waals surface area contributed by atoms with Crippen LogP contribution in [-0.2, 0) is 14.6 Å². The summed E-state index contributed by atoms with van der Waals surface area (Å²) in [6.07, 6.45) is -5.20. The molecule has 1 aliphatic rings. The molecule has 0 saturated carbocycles. The standard InChI is InChI=1S/C25H29F3N2O7S/c1-16(2)23(31)30-13-11-17(12-14-30)22(29-24(32)33)15-38(34,35)21-9-7-19(8-10-21)36-18-3-5-20(6-4-18)37-25(26,27)28/h3-10,16-17,22,29H,11-15H2,1-2H3,(H,32,33). The molecule has 13 heteroatoms. The highest BCUT2D eigenvalue weighted by molar-refractivity contribution is 7.91. The Balaban J connectivity index is 1.65. The van der Waals surface area contributed by atoms with Gasteiger partial charge >= 0.3 is 12.5 Å². The molecule has 0 radical (unpaired) electrons. The van der Waals surface area contributed by atoms with Crippen molar-refractivity contribution in [1.29, 1.82) is 0 Å². The fourth-order valence-electron chi connectivity index (χ4n) is 4.23. The number of sulfone groups is 1. The van der Waals surface area contributed by atoms with E-state index in [-0.39, 0.29) is 34.1 Å². The van der Waals surface area contributed by atoms with E-state index in [1.807, 2.05) is 0 Å². The van der Waals surface area contributed by atoms with Crippen molar-refractivity contribution in [1.82, 2.24) is 10.2 Å². The van der Waals surface area contributed by atoms with Crippen LogP contribution in [0.4, 0.5) is 18.0 Å². The van der Waals surface area contributed by atoms with E-state index in [0.29, 0.717) is 25.9 Å². The van der Waals surface area contributed by atoms with Crippen molar-refractivity contribution in [2.75, 3.05) is 18.8 Å². The second-order valence-electron chi connectivity index (χ2n) is 9.25. The predicted octanol–water partition coefficient (Wildman–Crippen LogP) is 4.68. The highest BCUT2D eigenvalue weighted by Crippen LogP contribution is 2.29. The Hall–Kier alpha value is -3.48. The molecule has 2 N–H and O–H groups in total. The van der Waals surface area contributed by atoms with Gasteiger partial charge in [0.25, 0.3) is 0 Å². The number of hydrogen-bond donors (Lipinski definition) is 2. The van der Waals surface area contributed by atoms with Crippen molar-refractivity contribution in [3.05, 3.63) is 48.5 Å². The first-order valence-electron chi connectivity index (χ1n) is 11.9. The van der Waals surface area contributed by atoms with Crippen LogP contribution in [0.5, 0.6) is 17.2 Å². The second kappa shape index (κ2) is 11.9. The molecule has 0 aliphatic carbocycles. The molecule has 1 atom stereocenters. The molecule has 1 fully saturated rings. The number of carbonyl (C=O) groups is 2. The van der Waals surface area contributed by atoms with E-state index in [2.05, 4.69) is 10.1 Å². The summed E-state index contributed by atoms with van der Waals surface area (Å²) < 4.78 is 72.4. The molecule has 2 amide bonds. The van der Waals surface area contributed by atoms with Gasteiger partial charge in [0.15, 0.2) is 9.84 Å². The Bertz CT molecular complexity index is 1210. The molecule has 2 aromatic rings. The number of likely N-dealkylation sites (tertiary alicyclic amines) is 1. The van der Waals surface area contributed by atoms with Crippen LogP contribution in [0.15, 0.2) is 53.4 Å². The molecule has 2 aromatic carbocycles. The summed E-state index contributed by atoms with van der Waals surface area (Å²) in [6, 6.07) is 9.26. The van der Waals surface area contributed by atoms with Crippen LogP contribution in [0.25, 0.3) is 0 Å². The van der Waals surface area contributed by atoms with Crippen molar-refractivity contribution in [3.63, 3.8) is 0 Å². The Labute approximate surface area is 218 Å². The summed E-state index contributed by atoms with van der Waals surface area (Å²) in [5.41, 5.74) is 0. The largest absolute Gasteiger partial charge is 0.573 e. The van der Waals surface area contributed by atoms with E-state index in [4.69, 9.17) is 4.74 Å². The molecule has 1 saturated heterocycles. The van der Waals surface area contributed by atoms with Crippen LogP contribution in [0.1, 0.15) is 26.7 Å². The van der Waals surface area contributed by atoms with E-state index in [1.165, 1.54) is 36.4 Å². The number of ether oxygens (including phenoxy) is 2. The maximum atomic E-state index is 13.1. The lowest BCUT2D eigenvalue weighted by atomic mass is 9.90. The lowest BCUT2D eigenvalue weighted by Crippen LogP contribution is -2.49. The lowest BCUT2D eigenvalue weighted by molar-refractivity contribution is -0.274. The average molecular weight is 559 g/mol. The molecule has 9 nitrogen and oxygen atoms in total. The lowest BCUT2D eigenvalue weighted by Gasteiger charge is -2.36. The van der Waals surface area contributed by atoms with Gasteiger partial charge in [-0.15, -0.1) is 13.2 Å². The molecule has 38 heavy (non-hydrogen) atoms. The first-order chi connectivity index (χ1) is 17.7. The summed E-state index contributed by atoms with van der Waals surface area (Å²) >= 11 is 0. The number of benzene rings is 2. The van der Waals surface area contributed by atoms with Crippen molar-refractivity contribution in [3.8, 4) is 17.2 Å². The number of nitrogens with zero attached hydrogens (tertiary/aromatic N) is 1. The molecule has 208 valence electrons. The van der Waals surface area contributed by atoms with Crippen LogP contribution in [0, 0.1) is 11.8 Å². The van der Waals surface area contributed by atoms with Crippen molar-refractivity contribution < 1.29 is 45.8 Å².